The van der Waals surface area contributed by atoms with Crippen LogP contribution in [-0.2, 0) is 0 Å². The maximum atomic E-state index is 12.4. The average Bonchev–Trinajstić information content (AvgIpc) is 2.79. The summed E-state index contributed by atoms with van der Waals surface area (Å²) in [5.41, 5.74) is 3.24. The summed E-state index contributed by atoms with van der Waals surface area (Å²) in [7, 11) is 0. The molecule has 1 aromatic heterocycles. The zero-order valence-corrected chi connectivity index (χ0v) is 11.1. The molecule has 0 unspecified atom stereocenters. The van der Waals surface area contributed by atoms with E-state index in [1.54, 1.807) is 10.9 Å². The first-order valence-electron chi connectivity index (χ1n) is 6.40. The Bertz CT molecular complexity index is 628. The predicted molar refractivity (Wildman–Crippen MR) is 71.3 cm³/mol. The first kappa shape index (κ1) is 12.0. The summed E-state index contributed by atoms with van der Waals surface area (Å²) in [4.78, 5) is 12.4. The quantitative estimate of drug-likeness (QED) is 0.840. The number of rotatable bonds is 3. The van der Waals surface area contributed by atoms with Crippen molar-refractivity contribution in [1.82, 2.24) is 20.3 Å². The van der Waals surface area contributed by atoms with Gasteiger partial charge in [0.05, 0.1) is 12.2 Å². The van der Waals surface area contributed by atoms with Gasteiger partial charge in [0.25, 0.3) is 0 Å². The number of ketones is 1. The molecule has 1 N–H and O–H groups in total. The Morgan fingerprint density at radius 3 is 2.84 bits per heavy atom. The molecule has 0 aliphatic carbocycles. The van der Waals surface area contributed by atoms with Gasteiger partial charge in [-0.3, -0.25) is 4.79 Å². The van der Waals surface area contributed by atoms with Crippen molar-refractivity contribution in [2.45, 2.75) is 19.9 Å². The Kier molecular flexibility index (Phi) is 2.91. The number of aryl methyl sites for hydroxylation is 1. The largest absolute Gasteiger partial charge is 0.312 e. The molecule has 0 bridgehead atoms. The fourth-order valence-corrected chi connectivity index (χ4v) is 2.15. The Balaban J connectivity index is 1.91. The highest BCUT2D eigenvalue weighted by Crippen LogP contribution is 2.17. The van der Waals surface area contributed by atoms with E-state index >= 15 is 0 Å². The second kappa shape index (κ2) is 4.59. The highest BCUT2D eigenvalue weighted by molar-refractivity contribution is 6.08. The zero-order chi connectivity index (χ0) is 13.4. The zero-order valence-electron chi connectivity index (χ0n) is 11.1. The van der Waals surface area contributed by atoms with Crippen molar-refractivity contribution in [1.29, 1.82) is 0 Å². The lowest BCUT2D eigenvalue weighted by atomic mass is 9.99. The van der Waals surface area contributed by atoms with Gasteiger partial charge >= 0.3 is 0 Å². The van der Waals surface area contributed by atoms with Crippen LogP contribution in [0.25, 0.3) is 0 Å². The smallest absolute Gasteiger partial charge is 0.215 e. The van der Waals surface area contributed by atoms with Gasteiger partial charge in [-0.25, -0.2) is 4.68 Å². The number of nitrogens with one attached hydrogen (secondary N) is 1. The standard InChI is InChI=1S/C14H16N4O/c1-9-4-3-5-12(10(9)2)14(19)13-8-18(17-16-13)11-6-15-7-11/h3-5,8,11,15H,6-7H2,1-2H3. The normalized spacial score (nSPS) is 15.3. The summed E-state index contributed by atoms with van der Waals surface area (Å²) in [6.45, 7) is 5.74. The average molecular weight is 256 g/mol. The van der Waals surface area contributed by atoms with E-state index in [9.17, 15) is 4.79 Å². The molecule has 1 aliphatic heterocycles. The second-order valence-corrected chi connectivity index (χ2v) is 4.97. The highest BCUT2D eigenvalue weighted by atomic mass is 16.1. The Labute approximate surface area is 111 Å². The maximum absolute atomic E-state index is 12.4. The molecule has 0 atom stereocenters. The lowest BCUT2D eigenvalue weighted by molar-refractivity contribution is 0.103. The van der Waals surface area contributed by atoms with Crippen LogP contribution < -0.4 is 5.32 Å². The summed E-state index contributed by atoms with van der Waals surface area (Å²) >= 11 is 0. The lowest BCUT2D eigenvalue weighted by Gasteiger charge is -2.26. The molecular weight excluding hydrogens is 240 g/mol. The Morgan fingerprint density at radius 2 is 2.16 bits per heavy atom. The third kappa shape index (κ3) is 2.06. The Hall–Kier alpha value is -2.01. The fourth-order valence-electron chi connectivity index (χ4n) is 2.15. The van der Waals surface area contributed by atoms with Gasteiger partial charge in [0.2, 0.25) is 5.78 Å². The van der Waals surface area contributed by atoms with Crippen LogP contribution in [-0.4, -0.2) is 33.9 Å². The van der Waals surface area contributed by atoms with E-state index in [1.165, 1.54) is 0 Å². The molecule has 1 saturated heterocycles. The van der Waals surface area contributed by atoms with Gasteiger partial charge in [-0.1, -0.05) is 23.4 Å². The monoisotopic (exact) mass is 256 g/mol. The van der Waals surface area contributed by atoms with Crippen LogP contribution in [0.5, 0.6) is 0 Å². The second-order valence-electron chi connectivity index (χ2n) is 4.97. The number of carbonyl (C=O) groups excluding carboxylic acids is 1. The van der Waals surface area contributed by atoms with Crippen molar-refractivity contribution in [3.8, 4) is 0 Å². The highest BCUT2D eigenvalue weighted by Gasteiger charge is 2.22. The van der Waals surface area contributed by atoms with Crippen molar-refractivity contribution < 1.29 is 4.79 Å². The van der Waals surface area contributed by atoms with Crippen LogP contribution in [0.15, 0.2) is 24.4 Å². The molecule has 1 fully saturated rings. The molecule has 0 radical (unpaired) electrons. The van der Waals surface area contributed by atoms with Gasteiger partial charge in [0, 0.05) is 18.7 Å². The van der Waals surface area contributed by atoms with Gasteiger partial charge < -0.3 is 5.32 Å². The van der Waals surface area contributed by atoms with Crippen LogP contribution in [0.1, 0.15) is 33.2 Å². The van der Waals surface area contributed by atoms with Crippen LogP contribution in [0.4, 0.5) is 0 Å². The number of aromatic nitrogens is 3. The molecule has 2 heterocycles. The Morgan fingerprint density at radius 1 is 1.37 bits per heavy atom. The van der Waals surface area contributed by atoms with E-state index in [-0.39, 0.29) is 5.78 Å². The molecule has 5 heteroatoms. The van der Waals surface area contributed by atoms with Gasteiger partial charge in [-0.15, -0.1) is 5.10 Å². The maximum Gasteiger partial charge on any atom is 0.215 e. The van der Waals surface area contributed by atoms with E-state index in [1.807, 2.05) is 32.0 Å². The van der Waals surface area contributed by atoms with E-state index in [0.717, 1.165) is 24.2 Å². The summed E-state index contributed by atoms with van der Waals surface area (Å²) in [5, 5.41) is 11.2. The van der Waals surface area contributed by atoms with Crippen LogP contribution >= 0.6 is 0 Å². The van der Waals surface area contributed by atoms with Crippen LogP contribution in [0, 0.1) is 13.8 Å². The van der Waals surface area contributed by atoms with Crippen molar-refractivity contribution >= 4 is 5.78 Å². The molecular formula is C14H16N4O. The number of nitrogens with zero attached hydrogens (tertiary/aromatic N) is 3. The molecule has 1 aromatic carbocycles. The predicted octanol–water partition coefficient (Wildman–Crippen LogP) is 1.27. The van der Waals surface area contributed by atoms with E-state index in [0.29, 0.717) is 17.3 Å². The summed E-state index contributed by atoms with van der Waals surface area (Å²) in [6, 6.07) is 6.07. The SMILES string of the molecule is Cc1cccc(C(=O)c2cn(C3CNC3)nn2)c1C. The van der Waals surface area contributed by atoms with Crippen molar-refractivity contribution in [2.24, 2.45) is 0 Å². The molecule has 0 spiro atoms. The summed E-state index contributed by atoms with van der Waals surface area (Å²) < 4.78 is 1.77. The minimum absolute atomic E-state index is 0.0558. The summed E-state index contributed by atoms with van der Waals surface area (Å²) in [6.07, 6.45) is 1.75. The molecule has 98 valence electrons. The van der Waals surface area contributed by atoms with Gasteiger partial charge in [-0.2, -0.15) is 0 Å². The summed E-state index contributed by atoms with van der Waals surface area (Å²) in [5.74, 6) is -0.0558. The first-order valence-corrected chi connectivity index (χ1v) is 6.40. The van der Waals surface area contributed by atoms with Gasteiger partial charge in [0.1, 0.15) is 0 Å². The number of hydrogen-bond acceptors (Lipinski definition) is 4. The molecule has 3 rings (SSSR count). The van der Waals surface area contributed by atoms with Crippen molar-refractivity contribution in [3.63, 3.8) is 0 Å². The van der Waals surface area contributed by atoms with Gasteiger partial charge in [0.15, 0.2) is 5.69 Å². The van der Waals surface area contributed by atoms with Crippen molar-refractivity contribution in [3.05, 3.63) is 46.8 Å². The van der Waals surface area contributed by atoms with Crippen molar-refractivity contribution in [2.75, 3.05) is 13.1 Å². The topological polar surface area (TPSA) is 59.8 Å². The molecule has 1 aliphatic rings. The van der Waals surface area contributed by atoms with E-state index in [4.69, 9.17) is 0 Å². The first-order chi connectivity index (χ1) is 9.16. The third-order valence-electron chi connectivity index (χ3n) is 3.73. The fraction of sp³-hybridized carbons (Fsp3) is 0.357. The van der Waals surface area contributed by atoms with E-state index in [2.05, 4.69) is 15.6 Å². The minimum Gasteiger partial charge on any atom is -0.312 e. The third-order valence-corrected chi connectivity index (χ3v) is 3.73. The minimum atomic E-state index is -0.0558. The lowest BCUT2D eigenvalue weighted by Crippen LogP contribution is -2.43. The molecule has 0 amide bonds. The molecule has 0 saturated carbocycles. The van der Waals surface area contributed by atoms with Crippen LogP contribution in [0.2, 0.25) is 0 Å². The number of carbonyl (C=O) groups is 1. The van der Waals surface area contributed by atoms with Gasteiger partial charge in [-0.05, 0) is 25.0 Å². The molecule has 5 nitrogen and oxygen atoms in total. The van der Waals surface area contributed by atoms with Crippen LogP contribution in [0.3, 0.4) is 0 Å². The number of hydrogen-bond donors (Lipinski definition) is 1. The molecule has 19 heavy (non-hydrogen) atoms. The van der Waals surface area contributed by atoms with E-state index < -0.39 is 0 Å². The molecule has 2 aromatic rings. The number of benzene rings is 1.